The lowest BCUT2D eigenvalue weighted by atomic mass is 9.98. The zero-order valence-electron chi connectivity index (χ0n) is 18.0. The van der Waals surface area contributed by atoms with Crippen molar-refractivity contribution in [1.82, 2.24) is 9.62 Å². The summed E-state index contributed by atoms with van der Waals surface area (Å²) in [6.07, 6.45) is 1.62. The van der Waals surface area contributed by atoms with Crippen LogP contribution in [0, 0.1) is 12.8 Å². The predicted molar refractivity (Wildman–Crippen MR) is 120 cm³/mol. The molecule has 1 atom stereocenters. The van der Waals surface area contributed by atoms with Crippen LogP contribution in [0.1, 0.15) is 18.4 Å². The van der Waals surface area contributed by atoms with Crippen molar-refractivity contribution in [1.29, 1.82) is 0 Å². The molecule has 1 saturated heterocycles. The molecule has 0 saturated carbocycles. The lowest BCUT2D eigenvalue weighted by Crippen LogP contribution is -2.50. The Morgan fingerprint density at radius 1 is 1.16 bits per heavy atom. The second-order valence-corrected chi connectivity index (χ2v) is 10.0. The molecule has 0 spiro atoms. The maximum absolute atomic E-state index is 13.0. The van der Waals surface area contributed by atoms with E-state index >= 15 is 0 Å². The van der Waals surface area contributed by atoms with Crippen molar-refractivity contribution in [3.05, 3.63) is 54.1 Å². The third-order valence-corrected chi connectivity index (χ3v) is 7.31. The van der Waals surface area contributed by atoms with Crippen molar-refractivity contribution in [3.8, 4) is 5.75 Å². The number of fused-ring (bicyclic) bond motifs is 1. The van der Waals surface area contributed by atoms with Crippen LogP contribution in [0.15, 0.2) is 53.4 Å². The number of hydrogen-bond donors (Lipinski definition) is 1. The predicted octanol–water partition coefficient (Wildman–Crippen LogP) is 1.94. The van der Waals surface area contributed by atoms with Gasteiger partial charge < -0.3 is 9.64 Å². The highest BCUT2D eigenvalue weighted by Gasteiger charge is 2.31. The fraction of sp³-hybridized carbons (Fsp3) is 0.391. The quantitative estimate of drug-likeness (QED) is 0.715. The van der Waals surface area contributed by atoms with Crippen LogP contribution in [0.3, 0.4) is 0 Å². The minimum Gasteiger partial charge on any atom is -0.482 e. The number of ether oxygens (including phenoxy) is 1. The van der Waals surface area contributed by atoms with E-state index in [0.29, 0.717) is 24.5 Å². The van der Waals surface area contributed by atoms with Crippen molar-refractivity contribution in [2.75, 3.05) is 37.7 Å². The molecule has 0 radical (unpaired) electrons. The number of rotatable bonds is 6. The molecule has 0 bridgehead atoms. The third kappa shape index (κ3) is 4.94. The molecule has 0 aromatic heterocycles. The van der Waals surface area contributed by atoms with Gasteiger partial charge in [-0.1, -0.05) is 29.8 Å². The van der Waals surface area contributed by atoms with E-state index in [4.69, 9.17) is 4.74 Å². The van der Waals surface area contributed by atoms with Gasteiger partial charge in [0, 0.05) is 19.6 Å². The second-order valence-electron chi connectivity index (χ2n) is 8.25. The first kappa shape index (κ1) is 22.3. The fourth-order valence-corrected chi connectivity index (χ4v) is 5.17. The van der Waals surface area contributed by atoms with Gasteiger partial charge >= 0.3 is 0 Å². The number of hydrogen-bond acceptors (Lipinski definition) is 5. The van der Waals surface area contributed by atoms with Gasteiger partial charge in [-0.05, 0) is 49.9 Å². The molecule has 1 unspecified atom stereocenters. The van der Waals surface area contributed by atoms with Crippen LogP contribution in [0.5, 0.6) is 5.75 Å². The summed E-state index contributed by atoms with van der Waals surface area (Å²) in [7, 11) is -3.60. The molecule has 32 heavy (non-hydrogen) atoms. The van der Waals surface area contributed by atoms with E-state index in [2.05, 4.69) is 4.72 Å². The normalized spacial score (nSPS) is 18.8. The summed E-state index contributed by atoms with van der Waals surface area (Å²) in [5.74, 6) is 0.195. The number of benzene rings is 2. The second kappa shape index (κ2) is 9.30. The molecule has 2 aromatic carbocycles. The van der Waals surface area contributed by atoms with Crippen LogP contribution in [-0.2, 0) is 19.6 Å². The fourth-order valence-electron chi connectivity index (χ4n) is 4.05. The van der Waals surface area contributed by atoms with Gasteiger partial charge in [0.1, 0.15) is 12.3 Å². The van der Waals surface area contributed by atoms with Crippen LogP contribution in [0.4, 0.5) is 5.69 Å². The van der Waals surface area contributed by atoms with E-state index in [1.165, 1.54) is 4.90 Å². The molecule has 1 fully saturated rings. The van der Waals surface area contributed by atoms with E-state index in [-0.39, 0.29) is 42.3 Å². The highest BCUT2D eigenvalue weighted by atomic mass is 32.2. The van der Waals surface area contributed by atoms with Crippen LogP contribution in [-0.4, -0.2) is 57.9 Å². The highest BCUT2D eigenvalue weighted by Crippen LogP contribution is 2.31. The zero-order chi connectivity index (χ0) is 22.7. The molecule has 2 heterocycles. The Kier molecular flexibility index (Phi) is 6.48. The minimum atomic E-state index is -3.60. The Morgan fingerprint density at radius 3 is 2.69 bits per heavy atom. The van der Waals surface area contributed by atoms with Crippen molar-refractivity contribution >= 4 is 27.5 Å². The monoisotopic (exact) mass is 457 g/mol. The topological polar surface area (TPSA) is 96.0 Å². The van der Waals surface area contributed by atoms with Crippen molar-refractivity contribution in [2.24, 2.45) is 5.92 Å². The van der Waals surface area contributed by atoms with Gasteiger partial charge in [-0.15, -0.1) is 0 Å². The zero-order valence-corrected chi connectivity index (χ0v) is 18.8. The molecule has 2 amide bonds. The van der Waals surface area contributed by atoms with Crippen molar-refractivity contribution in [2.45, 2.75) is 24.7 Å². The number of piperidine rings is 1. The van der Waals surface area contributed by atoms with E-state index in [9.17, 15) is 18.0 Å². The van der Waals surface area contributed by atoms with Crippen LogP contribution in [0.2, 0.25) is 0 Å². The first-order valence-electron chi connectivity index (χ1n) is 10.7. The van der Waals surface area contributed by atoms with Crippen LogP contribution < -0.4 is 14.4 Å². The molecule has 4 rings (SSSR count). The summed E-state index contributed by atoms with van der Waals surface area (Å²) in [6, 6.07) is 13.9. The number of anilines is 1. The lowest BCUT2D eigenvalue weighted by Gasteiger charge is -2.35. The largest absolute Gasteiger partial charge is 0.482 e. The molecular weight excluding hydrogens is 430 g/mol. The summed E-state index contributed by atoms with van der Waals surface area (Å²) < 4.78 is 33.3. The smallest absolute Gasteiger partial charge is 0.265 e. The van der Waals surface area contributed by atoms with Crippen LogP contribution >= 0.6 is 0 Å². The lowest BCUT2D eigenvalue weighted by molar-refractivity contribution is -0.133. The summed E-state index contributed by atoms with van der Waals surface area (Å²) >= 11 is 0. The SMILES string of the molecule is Cc1ccc(S(=O)(=O)NCC2CCCN(C(=O)CN3C(=O)COc4ccccc43)C2)cc1. The van der Waals surface area contributed by atoms with Crippen LogP contribution in [0.25, 0.3) is 0 Å². The Bertz CT molecular complexity index is 1100. The van der Waals surface area contributed by atoms with Gasteiger partial charge in [-0.3, -0.25) is 14.5 Å². The standard InChI is InChI=1S/C23H27N3O5S/c1-17-8-10-19(11-9-17)32(29,30)24-13-18-5-4-12-25(14-18)22(27)15-26-20-6-2-3-7-21(20)31-16-23(26)28/h2-3,6-11,18,24H,4-5,12-16H2,1H3. The van der Waals surface area contributed by atoms with Gasteiger partial charge in [0.2, 0.25) is 15.9 Å². The first-order chi connectivity index (χ1) is 15.3. The number of para-hydroxylation sites is 2. The molecule has 2 aliphatic heterocycles. The Hall–Kier alpha value is -2.91. The summed E-state index contributed by atoms with van der Waals surface area (Å²) in [4.78, 5) is 28.8. The summed E-state index contributed by atoms with van der Waals surface area (Å²) in [5.41, 5.74) is 1.59. The van der Waals surface area contributed by atoms with Gasteiger partial charge in [0.05, 0.1) is 10.6 Å². The van der Waals surface area contributed by atoms with E-state index in [0.717, 1.165) is 18.4 Å². The number of carbonyl (C=O) groups excluding carboxylic acids is 2. The number of sulfonamides is 1. The number of aryl methyl sites for hydroxylation is 1. The van der Waals surface area contributed by atoms with Gasteiger partial charge in [0.25, 0.3) is 5.91 Å². The minimum absolute atomic E-state index is 0.0144. The molecule has 170 valence electrons. The molecule has 9 heteroatoms. The molecular formula is C23H27N3O5S. The molecule has 2 aliphatic rings. The van der Waals surface area contributed by atoms with Gasteiger partial charge in [-0.25, -0.2) is 13.1 Å². The van der Waals surface area contributed by atoms with Crippen molar-refractivity contribution < 1.29 is 22.7 Å². The Morgan fingerprint density at radius 2 is 1.91 bits per heavy atom. The van der Waals surface area contributed by atoms with E-state index in [1.54, 1.807) is 47.4 Å². The maximum Gasteiger partial charge on any atom is 0.265 e. The molecule has 1 N–H and O–H groups in total. The Balaban J connectivity index is 1.36. The number of amides is 2. The number of likely N-dealkylation sites (tertiary alicyclic amines) is 1. The number of carbonyl (C=O) groups is 2. The summed E-state index contributed by atoms with van der Waals surface area (Å²) in [6.45, 7) is 3.07. The van der Waals surface area contributed by atoms with Gasteiger partial charge in [0.15, 0.2) is 6.61 Å². The summed E-state index contributed by atoms with van der Waals surface area (Å²) in [5, 5.41) is 0. The Labute approximate surface area is 188 Å². The van der Waals surface area contributed by atoms with Gasteiger partial charge in [-0.2, -0.15) is 0 Å². The average Bonchev–Trinajstić information content (AvgIpc) is 2.80. The van der Waals surface area contributed by atoms with Crippen molar-refractivity contribution in [3.63, 3.8) is 0 Å². The van der Waals surface area contributed by atoms with E-state index < -0.39 is 10.0 Å². The first-order valence-corrected chi connectivity index (χ1v) is 12.2. The third-order valence-electron chi connectivity index (χ3n) is 5.87. The van der Waals surface area contributed by atoms with E-state index in [1.807, 2.05) is 13.0 Å². The maximum atomic E-state index is 13.0. The number of nitrogens with one attached hydrogen (secondary N) is 1. The molecule has 2 aromatic rings. The highest BCUT2D eigenvalue weighted by molar-refractivity contribution is 7.89. The molecule has 8 nitrogen and oxygen atoms in total. The number of nitrogens with zero attached hydrogens (tertiary/aromatic N) is 2. The average molecular weight is 458 g/mol. The molecule has 0 aliphatic carbocycles.